The number of alkyl halides is 3. The number of carbonyl (C=O) groups excluding carboxylic acids is 1. The van der Waals surface area contributed by atoms with Crippen molar-refractivity contribution in [3.8, 4) is 11.5 Å². The highest BCUT2D eigenvalue weighted by Gasteiger charge is 2.50. The van der Waals surface area contributed by atoms with Gasteiger partial charge in [0, 0.05) is 23.2 Å². The monoisotopic (exact) mass is 564 g/mol. The lowest BCUT2D eigenvalue weighted by molar-refractivity contribution is -0.192. The molecule has 0 radical (unpaired) electrons. The molecule has 1 aliphatic carbocycles. The summed E-state index contributed by atoms with van der Waals surface area (Å²) in [5.74, 6) is -1.25. The number of rotatable bonds is 5. The summed E-state index contributed by atoms with van der Waals surface area (Å²) in [6, 6.07) is 12.1. The number of carboxylic acid groups (broad SMARTS) is 1. The molecule has 2 aromatic carbocycles. The fraction of sp³-hybridized carbons (Fsp3) is 0.462. The van der Waals surface area contributed by atoms with Crippen molar-refractivity contribution in [1.29, 1.82) is 0 Å². The Bertz CT molecular complexity index is 1370. The van der Waals surface area contributed by atoms with Crippen LogP contribution in [0.3, 0.4) is 0 Å². The van der Waals surface area contributed by atoms with Gasteiger partial charge in [0.05, 0.1) is 19.7 Å². The Balaban J connectivity index is 0.000000470. The Labute approximate surface area is 228 Å². The van der Waals surface area contributed by atoms with Crippen LogP contribution in [0, 0.1) is 0 Å². The Morgan fingerprint density at radius 3 is 2.52 bits per heavy atom. The Kier molecular flexibility index (Phi) is 8.37. The predicted octanol–water partition coefficient (Wildman–Crippen LogP) is 3.92. The van der Waals surface area contributed by atoms with Gasteiger partial charge in [0.2, 0.25) is 0 Å². The number of urea groups is 1. The first-order valence-electron chi connectivity index (χ1n) is 12.6. The number of nitrogens with zero attached hydrogens (tertiary/aromatic N) is 3. The molecule has 40 heavy (non-hydrogen) atoms. The van der Waals surface area contributed by atoms with Crippen molar-refractivity contribution in [3.63, 3.8) is 0 Å². The molecule has 2 aliphatic rings. The number of likely N-dealkylation sites (N-methyl/N-ethyl adjacent to an activating group) is 1. The molecule has 3 aromatic rings. The number of benzene rings is 2. The maximum atomic E-state index is 12.7. The molecule has 1 saturated carbocycles. The van der Waals surface area contributed by atoms with Crippen LogP contribution in [0.1, 0.15) is 31.2 Å². The largest absolute Gasteiger partial charge is 0.493 e. The summed E-state index contributed by atoms with van der Waals surface area (Å²) in [5.41, 5.74) is 3.60. The van der Waals surface area contributed by atoms with Crippen LogP contribution >= 0.6 is 0 Å². The third-order valence-corrected chi connectivity index (χ3v) is 7.65. The molecule has 0 bridgehead atoms. The van der Waals surface area contributed by atoms with Gasteiger partial charge < -0.3 is 30.1 Å². The van der Waals surface area contributed by atoms with E-state index in [-0.39, 0.29) is 17.5 Å². The van der Waals surface area contributed by atoms with E-state index in [1.807, 2.05) is 24.3 Å². The number of carboxylic acids is 1. The summed E-state index contributed by atoms with van der Waals surface area (Å²) >= 11 is 0. The minimum absolute atomic E-state index is 0.0565. The number of methoxy groups -OCH3 is 2. The maximum absolute atomic E-state index is 12.7. The molecule has 1 saturated heterocycles. The number of hydrogen-bond acceptors (Lipinski definition) is 7. The molecule has 11 nitrogen and oxygen atoms in total. The third kappa shape index (κ3) is 6.06. The lowest BCUT2D eigenvalue weighted by Gasteiger charge is -2.45. The molecule has 1 aromatic heterocycles. The smallest absolute Gasteiger partial charge is 0.490 e. The molecule has 3 atom stereocenters. The van der Waals surface area contributed by atoms with E-state index < -0.39 is 12.1 Å². The lowest BCUT2D eigenvalue weighted by atomic mass is 9.65. The van der Waals surface area contributed by atoms with Gasteiger partial charge in [-0.05, 0) is 75.2 Å². The number of H-pyrrole nitrogens is 1. The number of aromatic amines is 1. The molecular formula is C26H31F3N6O5. The van der Waals surface area contributed by atoms with Gasteiger partial charge in [0.15, 0.2) is 11.5 Å². The second kappa shape index (κ2) is 11.6. The van der Waals surface area contributed by atoms with Crippen LogP contribution in [0.4, 0.5) is 23.7 Å². The molecule has 3 unspecified atom stereocenters. The number of hydrogen-bond donors (Lipinski definition) is 4. The van der Waals surface area contributed by atoms with Crippen molar-refractivity contribution in [3.05, 3.63) is 42.0 Å². The van der Waals surface area contributed by atoms with Gasteiger partial charge >= 0.3 is 18.2 Å². The molecule has 14 heteroatoms. The van der Waals surface area contributed by atoms with E-state index in [4.69, 9.17) is 19.4 Å². The van der Waals surface area contributed by atoms with Crippen LogP contribution in [-0.4, -0.2) is 83.5 Å². The van der Waals surface area contributed by atoms with Gasteiger partial charge in [0.25, 0.3) is 0 Å². The van der Waals surface area contributed by atoms with Crippen LogP contribution < -0.4 is 20.1 Å². The van der Waals surface area contributed by atoms with E-state index >= 15 is 0 Å². The van der Waals surface area contributed by atoms with Crippen molar-refractivity contribution < 1.29 is 37.3 Å². The molecule has 2 heterocycles. The summed E-state index contributed by atoms with van der Waals surface area (Å²) in [6.07, 6.45) is -1.15. The topological polar surface area (TPSA) is 142 Å². The first kappa shape index (κ1) is 28.9. The number of aromatic nitrogens is 3. The number of amides is 2. The Morgan fingerprint density at radius 2 is 1.85 bits per heavy atom. The van der Waals surface area contributed by atoms with Crippen LogP contribution in [0.25, 0.3) is 11.0 Å². The molecule has 0 spiro atoms. The Morgan fingerprint density at radius 1 is 1.12 bits per heavy atom. The van der Waals surface area contributed by atoms with Crippen LogP contribution in [0.5, 0.6) is 11.5 Å². The summed E-state index contributed by atoms with van der Waals surface area (Å²) in [4.78, 5) is 24.0. The van der Waals surface area contributed by atoms with E-state index in [0.717, 1.165) is 54.8 Å². The summed E-state index contributed by atoms with van der Waals surface area (Å²) in [7, 11) is 5.52. The minimum atomic E-state index is -5.08. The lowest BCUT2D eigenvalue weighted by Crippen LogP contribution is -2.52. The minimum Gasteiger partial charge on any atom is -0.493 e. The number of ether oxygens (including phenoxy) is 2. The van der Waals surface area contributed by atoms with Crippen LogP contribution in [0.2, 0.25) is 0 Å². The highest BCUT2D eigenvalue weighted by Crippen LogP contribution is 2.49. The molecular weight excluding hydrogens is 533 g/mol. The highest BCUT2D eigenvalue weighted by atomic mass is 19.4. The van der Waals surface area contributed by atoms with E-state index in [1.165, 1.54) is 5.56 Å². The quantitative estimate of drug-likeness (QED) is 0.365. The first-order valence-corrected chi connectivity index (χ1v) is 12.6. The van der Waals surface area contributed by atoms with Crippen molar-refractivity contribution in [2.75, 3.05) is 33.1 Å². The molecule has 2 amide bonds. The van der Waals surface area contributed by atoms with Gasteiger partial charge in [0.1, 0.15) is 5.52 Å². The van der Waals surface area contributed by atoms with E-state index in [1.54, 1.807) is 14.2 Å². The summed E-state index contributed by atoms with van der Waals surface area (Å²) in [5, 5.41) is 23.8. The van der Waals surface area contributed by atoms with Crippen molar-refractivity contribution in [2.45, 2.75) is 49.4 Å². The second-order valence-corrected chi connectivity index (χ2v) is 9.89. The number of likely N-dealkylation sites (tertiary alicyclic amines) is 1. The average Bonchev–Trinajstić information content (AvgIpc) is 3.52. The van der Waals surface area contributed by atoms with Crippen molar-refractivity contribution in [2.24, 2.45) is 0 Å². The van der Waals surface area contributed by atoms with Crippen LogP contribution in [-0.2, 0) is 10.2 Å². The van der Waals surface area contributed by atoms with Crippen LogP contribution in [0.15, 0.2) is 36.4 Å². The first-order chi connectivity index (χ1) is 19.0. The number of anilines is 1. The zero-order valence-corrected chi connectivity index (χ0v) is 22.2. The van der Waals surface area contributed by atoms with Gasteiger partial charge in [-0.1, -0.05) is 11.3 Å². The molecule has 5 rings (SSSR count). The third-order valence-electron chi connectivity index (χ3n) is 7.65. The van der Waals surface area contributed by atoms with Gasteiger partial charge in [-0.25, -0.2) is 9.59 Å². The van der Waals surface area contributed by atoms with Gasteiger partial charge in [-0.2, -0.15) is 13.2 Å². The Hall–Kier alpha value is -4.07. The SMILES string of the molecule is COc1ccc(C23CCC(NC(=O)Nc4ccc5[nH]nnc5c4)CC2N(C)CC3)cc1OC.O=C(O)C(F)(F)F. The van der Waals surface area contributed by atoms with E-state index in [0.29, 0.717) is 11.7 Å². The van der Waals surface area contributed by atoms with Crippen molar-refractivity contribution in [1.82, 2.24) is 25.6 Å². The van der Waals surface area contributed by atoms with E-state index in [2.05, 4.69) is 50.1 Å². The van der Waals surface area contributed by atoms with Gasteiger partial charge in [-0.15, -0.1) is 5.10 Å². The number of fused-ring (bicyclic) bond motifs is 2. The maximum Gasteiger partial charge on any atom is 0.490 e. The fourth-order valence-corrected chi connectivity index (χ4v) is 5.67. The zero-order valence-electron chi connectivity index (χ0n) is 22.2. The second-order valence-electron chi connectivity index (χ2n) is 9.89. The molecule has 1 aliphatic heterocycles. The summed E-state index contributed by atoms with van der Waals surface area (Å²) < 4.78 is 42.8. The molecule has 2 fully saturated rings. The van der Waals surface area contributed by atoms with E-state index in [9.17, 15) is 18.0 Å². The average molecular weight is 565 g/mol. The number of aliphatic carboxylic acids is 1. The fourth-order valence-electron chi connectivity index (χ4n) is 5.67. The molecule has 4 N–H and O–H groups in total. The standard InChI is InChI=1S/C24H30N6O3.C2HF3O2/c1-30-11-10-24(15-4-7-20(32-2)21(12-15)33-3)9-8-17(14-22(24)30)26-23(31)25-16-5-6-18-19(13-16)28-29-27-18;3-2(4,5)1(6)7/h4-7,12-13,17,22H,8-11,14H2,1-3H3,(H2,25,26,31)(H,27,28,29);(H,6,7). The zero-order chi connectivity index (χ0) is 29.1. The number of nitrogens with one attached hydrogen (secondary N) is 3. The summed E-state index contributed by atoms with van der Waals surface area (Å²) in [6.45, 7) is 1.04. The highest BCUT2D eigenvalue weighted by molar-refractivity contribution is 5.91. The normalized spacial score (nSPS) is 22.6. The van der Waals surface area contributed by atoms with Crippen molar-refractivity contribution >= 4 is 28.7 Å². The number of halogens is 3. The predicted molar refractivity (Wildman–Crippen MR) is 140 cm³/mol. The number of carbonyl (C=O) groups is 2. The molecule has 216 valence electrons. The van der Waals surface area contributed by atoms with Gasteiger partial charge in [-0.3, -0.25) is 5.10 Å².